The van der Waals surface area contributed by atoms with Gasteiger partial charge in [-0.05, 0) is 57.0 Å². The van der Waals surface area contributed by atoms with Crippen LogP contribution in [0.3, 0.4) is 0 Å². The van der Waals surface area contributed by atoms with Gasteiger partial charge in [-0.1, -0.05) is 6.07 Å². The van der Waals surface area contributed by atoms with Crippen LogP contribution in [0.4, 0.5) is 5.95 Å². The Kier molecular flexibility index (Phi) is 6.30. The van der Waals surface area contributed by atoms with Crippen LogP contribution in [0.15, 0.2) is 42.6 Å². The van der Waals surface area contributed by atoms with E-state index in [1.54, 1.807) is 11.1 Å². The van der Waals surface area contributed by atoms with E-state index in [0.717, 1.165) is 47.4 Å². The lowest BCUT2D eigenvalue weighted by atomic mass is 9.96. The number of ether oxygens (including phenoxy) is 1. The molecule has 0 N–H and O–H groups in total. The highest BCUT2D eigenvalue weighted by Gasteiger charge is 2.29. The molecule has 0 radical (unpaired) electrons. The molecule has 3 aromatic rings. The number of carbonyl (C=O) groups is 1. The second-order valence-corrected chi connectivity index (χ2v) is 8.02. The molecular formula is C24H29N5O2. The lowest BCUT2D eigenvalue weighted by Gasteiger charge is -2.34. The molecule has 1 atom stereocenters. The summed E-state index contributed by atoms with van der Waals surface area (Å²) in [6, 6.07) is 11.7. The van der Waals surface area contributed by atoms with Crippen molar-refractivity contribution in [2.45, 2.75) is 33.2 Å². The summed E-state index contributed by atoms with van der Waals surface area (Å²) < 4.78 is 5.61. The van der Waals surface area contributed by atoms with Crippen molar-refractivity contribution in [2.75, 3.05) is 31.6 Å². The smallest absolute Gasteiger partial charge is 0.227 e. The number of benzene rings is 1. The number of hydrogen-bond donors (Lipinski definition) is 0. The first-order valence-corrected chi connectivity index (χ1v) is 10.9. The molecule has 1 aromatic carbocycles. The molecule has 7 heteroatoms. The van der Waals surface area contributed by atoms with E-state index in [2.05, 4.69) is 9.88 Å². The van der Waals surface area contributed by atoms with Gasteiger partial charge in [-0.25, -0.2) is 9.97 Å². The van der Waals surface area contributed by atoms with Gasteiger partial charge in [-0.2, -0.15) is 0 Å². The maximum Gasteiger partial charge on any atom is 0.227 e. The molecule has 162 valence electrons. The average molecular weight is 420 g/mol. The average Bonchev–Trinajstić information content (AvgIpc) is 2.80. The van der Waals surface area contributed by atoms with E-state index in [-0.39, 0.29) is 11.8 Å². The SMILES string of the molecule is CCOc1ccc2nc(N3CCC[C@@H](C(=O)N(C)Cc4ccccn4)C3)nc(C)c2c1. The number of amides is 1. The van der Waals surface area contributed by atoms with E-state index in [1.165, 1.54) is 0 Å². The van der Waals surface area contributed by atoms with Crippen LogP contribution in [0.1, 0.15) is 31.2 Å². The fraction of sp³-hybridized carbons (Fsp3) is 0.417. The summed E-state index contributed by atoms with van der Waals surface area (Å²) in [5.74, 6) is 1.60. The molecule has 0 bridgehead atoms. The third kappa shape index (κ3) is 4.76. The van der Waals surface area contributed by atoms with E-state index in [1.807, 2.05) is 57.3 Å². The van der Waals surface area contributed by atoms with Crippen molar-refractivity contribution in [2.24, 2.45) is 5.92 Å². The number of carbonyl (C=O) groups excluding carboxylic acids is 1. The number of fused-ring (bicyclic) bond motifs is 1. The molecule has 4 rings (SSSR count). The minimum atomic E-state index is -0.0672. The summed E-state index contributed by atoms with van der Waals surface area (Å²) in [6.07, 6.45) is 3.58. The quantitative estimate of drug-likeness (QED) is 0.608. The third-order valence-electron chi connectivity index (χ3n) is 5.71. The van der Waals surface area contributed by atoms with E-state index in [4.69, 9.17) is 14.7 Å². The Hall–Kier alpha value is -3.22. The maximum atomic E-state index is 13.1. The van der Waals surface area contributed by atoms with Crippen LogP contribution in [0.2, 0.25) is 0 Å². The van der Waals surface area contributed by atoms with E-state index in [9.17, 15) is 4.79 Å². The molecule has 0 aliphatic carbocycles. The topological polar surface area (TPSA) is 71.5 Å². The molecule has 1 aliphatic rings. The van der Waals surface area contributed by atoms with Crippen molar-refractivity contribution in [3.05, 3.63) is 54.0 Å². The van der Waals surface area contributed by atoms with Gasteiger partial charge in [0.05, 0.1) is 36.0 Å². The Balaban J connectivity index is 1.49. The second kappa shape index (κ2) is 9.29. The molecule has 0 saturated carbocycles. The fourth-order valence-electron chi connectivity index (χ4n) is 4.13. The van der Waals surface area contributed by atoms with Gasteiger partial charge in [-0.15, -0.1) is 0 Å². The van der Waals surface area contributed by atoms with Crippen LogP contribution in [0.25, 0.3) is 10.9 Å². The maximum absolute atomic E-state index is 13.1. The highest BCUT2D eigenvalue weighted by molar-refractivity contribution is 5.83. The highest BCUT2D eigenvalue weighted by Crippen LogP contribution is 2.27. The first kappa shape index (κ1) is 21.0. The molecule has 2 aromatic heterocycles. The van der Waals surface area contributed by atoms with Crippen LogP contribution in [0.5, 0.6) is 5.75 Å². The summed E-state index contributed by atoms with van der Waals surface area (Å²) in [5, 5.41) is 0.995. The molecule has 31 heavy (non-hydrogen) atoms. The molecule has 0 unspecified atom stereocenters. The second-order valence-electron chi connectivity index (χ2n) is 8.02. The van der Waals surface area contributed by atoms with Crippen molar-refractivity contribution < 1.29 is 9.53 Å². The van der Waals surface area contributed by atoms with Gasteiger partial charge in [0.2, 0.25) is 11.9 Å². The van der Waals surface area contributed by atoms with Crippen molar-refractivity contribution in [3.8, 4) is 5.75 Å². The van der Waals surface area contributed by atoms with Crippen molar-refractivity contribution in [1.82, 2.24) is 19.9 Å². The fourth-order valence-corrected chi connectivity index (χ4v) is 4.13. The monoisotopic (exact) mass is 419 g/mol. The first-order chi connectivity index (χ1) is 15.0. The molecule has 3 heterocycles. The number of nitrogens with zero attached hydrogens (tertiary/aromatic N) is 5. The number of rotatable bonds is 6. The summed E-state index contributed by atoms with van der Waals surface area (Å²) in [7, 11) is 1.85. The lowest BCUT2D eigenvalue weighted by Crippen LogP contribution is -2.44. The number of aromatic nitrogens is 3. The van der Waals surface area contributed by atoms with E-state index >= 15 is 0 Å². The Morgan fingerprint density at radius 3 is 2.90 bits per heavy atom. The zero-order chi connectivity index (χ0) is 21.8. The highest BCUT2D eigenvalue weighted by atomic mass is 16.5. The van der Waals surface area contributed by atoms with Crippen molar-refractivity contribution in [1.29, 1.82) is 0 Å². The molecule has 7 nitrogen and oxygen atoms in total. The van der Waals surface area contributed by atoms with Crippen LogP contribution in [0, 0.1) is 12.8 Å². The molecule has 1 amide bonds. The lowest BCUT2D eigenvalue weighted by molar-refractivity contribution is -0.135. The Morgan fingerprint density at radius 2 is 2.13 bits per heavy atom. The van der Waals surface area contributed by atoms with Gasteiger partial charge < -0.3 is 14.5 Å². The van der Waals surface area contributed by atoms with Gasteiger partial charge in [0, 0.05) is 31.7 Å². The number of aryl methyl sites for hydroxylation is 1. The first-order valence-electron chi connectivity index (χ1n) is 10.9. The number of hydrogen-bond acceptors (Lipinski definition) is 6. The van der Waals surface area contributed by atoms with Crippen LogP contribution in [-0.4, -0.2) is 52.5 Å². The largest absolute Gasteiger partial charge is 0.494 e. The van der Waals surface area contributed by atoms with Crippen LogP contribution in [-0.2, 0) is 11.3 Å². The van der Waals surface area contributed by atoms with Crippen molar-refractivity contribution in [3.63, 3.8) is 0 Å². The predicted octanol–water partition coefficient (Wildman–Crippen LogP) is 3.61. The normalized spacial score (nSPS) is 16.4. The number of pyridine rings is 1. The van der Waals surface area contributed by atoms with Gasteiger partial charge in [-0.3, -0.25) is 9.78 Å². The molecule has 1 fully saturated rings. The number of piperidine rings is 1. The Labute approximate surface area is 183 Å². The Bertz CT molecular complexity index is 1060. The van der Waals surface area contributed by atoms with Crippen molar-refractivity contribution >= 4 is 22.8 Å². The zero-order valence-corrected chi connectivity index (χ0v) is 18.4. The minimum absolute atomic E-state index is 0.0672. The number of anilines is 1. The summed E-state index contributed by atoms with van der Waals surface area (Å²) in [4.78, 5) is 30.9. The minimum Gasteiger partial charge on any atom is -0.494 e. The van der Waals surface area contributed by atoms with Gasteiger partial charge >= 0.3 is 0 Å². The summed E-state index contributed by atoms with van der Waals surface area (Å²) in [5.41, 5.74) is 2.71. The third-order valence-corrected chi connectivity index (χ3v) is 5.71. The van der Waals surface area contributed by atoms with Gasteiger partial charge in [0.25, 0.3) is 0 Å². The van der Waals surface area contributed by atoms with Gasteiger partial charge in [0.15, 0.2) is 0 Å². The van der Waals surface area contributed by atoms with Gasteiger partial charge in [0.1, 0.15) is 5.75 Å². The summed E-state index contributed by atoms with van der Waals surface area (Å²) >= 11 is 0. The predicted molar refractivity (Wildman–Crippen MR) is 121 cm³/mol. The standard InChI is InChI=1S/C24H29N5O2/c1-4-31-20-10-11-22-21(14-20)17(2)26-24(27-22)29-13-7-8-18(15-29)23(30)28(3)16-19-9-5-6-12-25-19/h5-6,9-12,14,18H,4,7-8,13,15-16H2,1-3H3/t18-/m1/s1. The molecular weight excluding hydrogens is 390 g/mol. The molecule has 1 saturated heterocycles. The van der Waals surface area contributed by atoms with Crippen LogP contribution >= 0.6 is 0 Å². The van der Waals surface area contributed by atoms with E-state index in [0.29, 0.717) is 25.6 Å². The zero-order valence-electron chi connectivity index (χ0n) is 18.4. The molecule has 1 aliphatic heterocycles. The Morgan fingerprint density at radius 1 is 1.26 bits per heavy atom. The van der Waals surface area contributed by atoms with E-state index < -0.39 is 0 Å². The summed E-state index contributed by atoms with van der Waals surface area (Å²) in [6.45, 7) is 6.60. The molecule has 0 spiro atoms. The van der Waals surface area contributed by atoms with Crippen LogP contribution < -0.4 is 9.64 Å².